The molecule has 2 atom stereocenters. The molecule has 2 unspecified atom stereocenters. The molecule has 27 heavy (non-hydrogen) atoms. The number of imidazole rings is 1. The number of nitrogens with zero attached hydrogens (tertiary/aromatic N) is 1. The number of carbonyl (C=O) groups excluding carboxylic acids is 1. The highest BCUT2D eigenvalue weighted by molar-refractivity contribution is 5.96. The molecule has 4 rings (SSSR count). The number of fused-ring (bicyclic) bond motifs is 1. The molecule has 1 fully saturated rings. The molecule has 3 aromatic rings. The molecule has 1 amide bonds. The Hall–Kier alpha value is -2.83. The molecule has 1 heterocycles. The van der Waals surface area contributed by atoms with Crippen LogP contribution in [0.3, 0.4) is 0 Å². The van der Waals surface area contributed by atoms with E-state index in [2.05, 4.69) is 15.3 Å². The third-order valence-electron chi connectivity index (χ3n) is 5.32. The lowest BCUT2D eigenvalue weighted by Gasteiger charge is -2.05. The predicted octanol–water partition coefficient (Wildman–Crippen LogP) is 4.96. The number of nitrogens with one attached hydrogen (secondary N) is 2. The lowest BCUT2D eigenvalue weighted by Crippen LogP contribution is -2.17. The van der Waals surface area contributed by atoms with Gasteiger partial charge >= 0.3 is 6.18 Å². The number of alkyl halides is 3. The lowest BCUT2D eigenvalue weighted by atomic mass is 10.0. The average molecular weight is 373 g/mol. The summed E-state index contributed by atoms with van der Waals surface area (Å²) in [5, 5.41) is 2.72. The number of hydrogen-bond donors (Lipinski definition) is 2. The van der Waals surface area contributed by atoms with Crippen LogP contribution in [-0.4, -0.2) is 15.9 Å². The van der Waals surface area contributed by atoms with Crippen molar-refractivity contribution in [3.63, 3.8) is 0 Å². The van der Waals surface area contributed by atoms with Gasteiger partial charge in [0.2, 0.25) is 11.9 Å². The molecule has 1 aliphatic rings. The van der Waals surface area contributed by atoms with E-state index in [-0.39, 0.29) is 34.6 Å². The molecule has 0 radical (unpaired) electrons. The highest BCUT2D eigenvalue weighted by Crippen LogP contribution is 2.64. The van der Waals surface area contributed by atoms with E-state index >= 15 is 0 Å². The van der Waals surface area contributed by atoms with E-state index in [1.54, 1.807) is 0 Å². The van der Waals surface area contributed by atoms with Gasteiger partial charge in [0.15, 0.2) is 0 Å². The SMILES string of the molecule is CC1(C)C(C(=O)Nc2nc3ccc(C(F)(F)F)cc3[nH]2)C1c1ccccc1. The van der Waals surface area contributed by atoms with Gasteiger partial charge in [-0.3, -0.25) is 10.1 Å². The van der Waals surface area contributed by atoms with Crippen LogP contribution in [0.1, 0.15) is 30.9 Å². The van der Waals surface area contributed by atoms with Crippen molar-refractivity contribution < 1.29 is 18.0 Å². The summed E-state index contributed by atoms with van der Waals surface area (Å²) in [7, 11) is 0. The van der Waals surface area contributed by atoms with E-state index in [9.17, 15) is 18.0 Å². The molecule has 7 heteroatoms. The molecule has 0 saturated heterocycles. The van der Waals surface area contributed by atoms with E-state index in [1.807, 2.05) is 44.2 Å². The maximum atomic E-state index is 12.8. The number of anilines is 1. The summed E-state index contributed by atoms with van der Waals surface area (Å²) < 4.78 is 38.5. The van der Waals surface area contributed by atoms with Crippen molar-refractivity contribution in [2.75, 3.05) is 5.32 Å². The van der Waals surface area contributed by atoms with Gasteiger partial charge in [0.25, 0.3) is 0 Å². The number of aromatic nitrogens is 2. The first kappa shape index (κ1) is 17.6. The topological polar surface area (TPSA) is 57.8 Å². The van der Waals surface area contributed by atoms with E-state index in [1.165, 1.54) is 6.07 Å². The Kier molecular flexibility index (Phi) is 3.80. The van der Waals surface area contributed by atoms with Crippen LogP contribution in [0.5, 0.6) is 0 Å². The van der Waals surface area contributed by atoms with Gasteiger partial charge in [-0.25, -0.2) is 4.98 Å². The smallest absolute Gasteiger partial charge is 0.324 e. The van der Waals surface area contributed by atoms with E-state index in [0.717, 1.165) is 17.7 Å². The maximum absolute atomic E-state index is 12.8. The number of hydrogen-bond acceptors (Lipinski definition) is 2. The van der Waals surface area contributed by atoms with Gasteiger partial charge in [0.05, 0.1) is 22.5 Å². The summed E-state index contributed by atoms with van der Waals surface area (Å²) in [5.74, 6) is -0.161. The van der Waals surface area contributed by atoms with Crippen LogP contribution in [0.2, 0.25) is 0 Å². The van der Waals surface area contributed by atoms with Crippen molar-refractivity contribution in [1.82, 2.24) is 9.97 Å². The summed E-state index contributed by atoms with van der Waals surface area (Å²) in [5.41, 5.74) is 0.745. The van der Waals surface area contributed by atoms with Crippen molar-refractivity contribution in [2.45, 2.75) is 25.9 Å². The molecule has 0 spiro atoms. The second-order valence-corrected chi connectivity index (χ2v) is 7.49. The Bertz CT molecular complexity index is 1010. The van der Waals surface area contributed by atoms with Gasteiger partial charge in [-0.2, -0.15) is 13.2 Å². The van der Waals surface area contributed by atoms with Crippen LogP contribution < -0.4 is 5.32 Å². The van der Waals surface area contributed by atoms with Crippen LogP contribution in [0.25, 0.3) is 11.0 Å². The fourth-order valence-electron chi connectivity index (χ4n) is 3.85. The summed E-state index contributed by atoms with van der Waals surface area (Å²) in [6.07, 6.45) is -4.43. The fraction of sp³-hybridized carbons (Fsp3) is 0.300. The first-order chi connectivity index (χ1) is 12.7. The zero-order valence-electron chi connectivity index (χ0n) is 14.8. The van der Waals surface area contributed by atoms with Crippen LogP contribution in [0.4, 0.5) is 19.1 Å². The summed E-state index contributed by atoms with van der Waals surface area (Å²) >= 11 is 0. The first-order valence-corrected chi connectivity index (χ1v) is 8.61. The van der Waals surface area contributed by atoms with E-state index in [0.29, 0.717) is 5.52 Å². The van der Waals surface area contributed by atoms with Crippen LogP contribution in [0.15, 0.2) is 48.5 Å². The fourth-order valence-corrected chi connectivity index (χ4v) is 3.85. The highest BCUT2D eigenvalue weighted by Gasteiger charge is 2.62. The van der Waals surface area contributed by atoms with Crippen molar-refractivity contribution in [3.05, 3.63) is 59.7 Å². The molecule has 4 nitrogen and oxygen atoms in total. The Balaban J connectivity index is 1.55. The predicted molar refractivity (Wildman–Crippen MR) is 96.2 cm³/mol. The minimum Gasteiger partial charge on any atom is -0.324 e. The van der Waals surface area contributed by atoms with Crippen molar-refractivity contribution in [3.8, 4) is 0 Å². The molecular weight excluding hydrogens is 355 g/mol. The number of H-pyrrole nitrogens is 1. The minimum atomic E-state index is -4.43. The Morgan fingerprint density at radius 1 is 1.15 bits per heavy atom. The van der Waals surface area contributed by atoms with Crippen molar-refractivity contribution >= 4 is 22.9 Å². The normalized spacial score (nSPS) is 21.2. The number of benzene rings is 2. The van der Waals surface area contributed by atoms with Gasteiger partial charge in [0, 0.05) is 5.92 Å². The first-order valence-electron chi connectivity index (χ1n) is 8.61. The number of carbonyl (C=O) groups is 1. The van der Waals surface area contributed by atoms with E-state index < -0.39 is 11.7 Å². The standard InChI is InChI=1S/C20H18F3N3O/c1-19(2)15(11-6-4-3-5-7-11)16(19)17(27)26-18-24-13-9-8-12(20(21,22)23)10-14(13)25-18/h3-10,15-16H,1-2H3,(H2,24,25,26,27). The minimum absolute atomic E-state index is 0.0971. The number of halogens is 3. The quantitative estimate of drug-likeness (QED) is 0.682. The van der Waals surface area contributed by atoms with Gasteiger partial charge in [-0.1, -0.05) is 44.2 Å². The zero-order valence-corrected chi connectivity index (χ0v) is 14.8. The van der Waals surface area contributed by atoms with Crippen molar-refractivity contribution in [1.29, 1.82) is 0 Å². The van der Waals surface area contributed by atoms with Crippen molar-refractivity contribution in [2.24, 2.45) is 11.3 Å². The number of aromatic amines is 1. The summed E-state index contributed by atoms with van der Waals surface area (Å²) in [6.45, 7) is 4.06. The van der Waals surface area contributed by atoms with Gasteiger partial charge < -0.3 is 4.98 Å². The molecule has 1 aliphatic carbocycles. The largest absolute Gasteiger partial charge is 0.416 e. The van der Waals surface area contributed by atoms with Gasteiger partial charge in [-0.15, -0.1) is 0 Å². The molecule has 0 bridgehead atoms. The van der Waals surface area contributed by atoms with E-state index in [4.69, 9.17) is 0 Å². The Morgan fingerprint density at radius 2 is 1.85 bits per heavy atom. The summed E-state index contributed by atoms with van der Waals surface area (Å²) in [6, 6.07) is 13.1. The van der Waals surface area contributed by atoms with Crippen LogP contribution in [0, 0.1) is 11.3 Å². The zero-order chi connectivity index (χ0) is 19.4. The van der Waals surface area contributed by atoms with Crippen LogP contribution >= 0.6 is 0 Å². The monoisotopic (exact) mass is 373 g/mol. The molecule has 2 aromatic carbocycles. The molecule has 1 aromatic heterocycles. The molecule has 1 saturated carbocycles. The van der Waals surface area contributed by atoms with Gasteiger partial charge in [-0.05, 0) is 29.2 Å². The van der Waals surface area contributed by atoms with Crippen LogP contribution in [-0.2, 0) is 11.0 Å². The molecule has 0 aliphatic heterocycles. The Morgan fingerprint density at radius 3 is 2.52 bits per heavy atom. The molecule has 140 valence electrons. The Labute approximate surface area is 153 Å². The van der Waals surface area contributed by atoms with Gasteiger partial charge in [0.1, 0.15) is 0 Å². The third kappa shape index (κ3) is 3.07. The summed E-state index contributed by atoms with van der Waals surface area (Å²) in [4.78, 5) is 19.7. The number of amides is 1. The second-order valence-electron chi connectivity index (χ2n) is 7.49. The average Bonchev–Trinajstić information content (AvgIpc) is 2.96. The highest BCUT2D eigenvalue weighted by atomic mass is 19.4. The second kappa shape index (κ2) is 5.84. The maximum Gasteiger partial charge on any atom is 0.416 e. The number of rotatable bonds is 3. The molecule has 2 N–H and O–H groups in total. The lowest BCUT2D eigenvalue weighted by molar-refractivity contribution is -0.137. The third-order valence-corrected chi connectivity index (χ3v) is 5.32. The molecular formula is C20H18F3N3O.